The third-order valence-corrected chi connectivity index (χ3v) is 1.50. The number of aromatic nitrogens is 2. The molecule has 0 aliphatic heterocycles. The normalized spacial score (nSPS) is 9.42. The van der Waals surface area contributed by atoms with Crippen LogP contribution in [0, 0.1) is 0 Å². The lowest BCUT2D eigenvalue weighted by Crippen LogP contribution is -2.21. The summed E-state index contributed by atoms with van der Waals surface area (Å²) in [5, 5.41) is 0. The van der Waals surface area contributed by atoms with Crippen LogP contribution >= 0.6 is 11.9 Å². The van der Waals surface area contributed by atoms with Gasteiger partial charge < -0.3 is 4.98 Å². The van der Waals surface area contributed by atoms with Crippen LogP contribution in [0.3, 0.4) is 0 Å². The zero-order valence-electron chi connectivity index (χ0n) is 6.33. The van der Waals surface area contributed by atoms with E-state index >= 15 is 0 Å². The average Bonchev–Trinajstić information content (AvgIpc) is 2.05. The van der Waals surface area contributed by atoms with Crippen LogP contribution in [0.5, 0.6) is 0 Å². The summed E-state index contributed by atoms with van der Waals surface area (Å²) in [4.78, 5) is 27.4. The van der Waals surface area contributed by atoms with Crippen molar-refractivity contribution in [2.24, 2.45) is 0 Å². The highest BCUT2D eigenvalue weighted by Crippen LogP contribution is 1.91. The summed E-state index contributed by atoms with van der Waals surface area (Å²) in [6.07, 6.45) is 3.01. The molecule has 0 aromatic carbocycles. The van der Waals surface area contributed by atoms with E-state index in [0.717, 1.165) is 0 Å². The van der Waals surface area contributed by atoms with E-state index in [1.54, 1.807) is 6.26 Å². The quantitative estimate of drug-likeness (QED) is 0.624. The summed E-state index contributed by atoms with van der Waals surface area (Å²) in [7, 11) is 0. The Labute approximate surface area is 72.7 Å². The second-order valence-electron chi connectivity index (χ2n) is 1.92. The minimum absolute atomic E-state index is 0.212. The summed E-state index contributed by atoms with van der Waals surface area (Å²) < 4.78 is 2.47. The molecule has 0 unspecified atom stereocenters. The standard InChI is InChI=1S/C6H7N3O2S/c1-12-9-5(10)4-2-3-7-6(11)8-4/h2-3H,1H3,(H,9,10)(H,7,8,11). The van der Waals surface area contributed by atoms with Gasteiger partial charge in [-0.15, -0.1) is 0 Å². The molecule has 64 valence electrons. The van der Waals surface area contributed by atoms with Crippen molar-refractivity contribution in [3.05, 3.63) is 28.4 Å². The van der Waals surface area contributed by atoms with Crippen LogP contribution in [0.1, 0.15) is 10.5 Å². The Hall–Kier alpha value is -1.30. The molecule has 0 aliphatic carbocycles. The van der Waals surface area contributed by atoms with Gasteiger partial charge in [-0.3, -0.25) is 9.52 Å². The highest BCUT2D eigenvalue weighted by molar-refractivity contribution is 7.97. The molecule has 0 radical (unpaired) electrons. The van der Waals surface area contributed by atoms with Gasteiger partial charge in [0.15, 0.2) is 0 Å². The van der Waals surface area contributed by atoms with Crippen molar-refractivity contribution >= 4 is 17.9 Å². The first-order chi connectivity index (χ1) is 5.74. The maximum atomic E-state index is 11.1. The van der Waals surface area contributed by atoms with Crippen LogP contribution in [-0.2, 0) is 0 Å². The first kappa shape index (κ1) is 8.79. The Bertz CT molecular complexity index is 336. The molecule has 0 bridgehead atoms. The lowest BCUT2D eigenvalue weighted by Gasteiger charge is -1.98. The van der Waals surface area contributed by atoms with E-state index < -0.39 is 5.69 Å². The average molecular weight is 185 g/mol. The number of nitrogens with zero attached hydrogens (tertiary/aromatic N) is 1. The second-order valence-corrected chi connectivity index (χ2v) is 2.54. The molecule has 0 atom stereocenters. The molecule has 1 rings (SSSR count). The largest absolute Gasteiger partial charge is 0.345 e. The third kappa shape index (κ3) is 2.09. The number of nitrogens with one attached hydrogen (secondary N) is 2. The van der Waals surface area contributed by atoms with Gasteiger partial charge in [-0.05, 0) is 6.07 Å². The smallest absolute Gasteiger partial charge is 0.301 e. The zero-order valence-corrected chi connectivity index (χ0v) is 7.14. The Morgan fingerprint density at radius 3 is 3.08 bits per heavy atom. The van der Waals surface area contributed by atoms with Gasteiger partial charge in [-0.1, -0.05) is 11.9 Å². The molecule has 1 aromatic rings. The molecule has 2 N–H and O–H groups in total. The van der Waals surface area contributed by atoms with E-state index in [0.29, 0.717) is 0 Å². The van der Waals surface area contributed by atoms with Crippen molar-refractivity contribution in [1.29, 1.82) is 0 Å². The van der Waals surface area contributed by atoms with Crippen molar-refractivity contribution in [2.45, 2.75) is 0 Å². The van der Waals surface area contributed by atoms with Gasteiger partial charge in [-0.2, -0.15) is 0 Å². The van der Waals surface area contributed by atoms with Gasteiger partial charge in [0, 0.05) is 12.5 Å². The fourth-order valence-corrected chi connectivity index (χ4v) is 0.944. The minimum atomic E-state index is -0.524. The molecule has 1 amide bonds. The highest BCUT2D eigenvalue weighted by Gasteiger charge is 2.03. The Morgan fingerprint density at radius 2 is 2.50 bits per heavy atom. The molecule has 0 aliphatic rings. The molecule has 6 heteroatoms. The van der Waals surface area contributed by atoms with Crippen molar-refractivity contribution in [1.82, 2.24) is 14.7 Å². The monoisotopic (exact) mass is 185 g/mol. The SMILES string of the molecule is CSNC(=O)c1ccnc(=O)[nH]1. The lowest BCUT2D eigenvalue weighted by atomic mass is 10.4. The number of carbonyl (C=O) groups excluding carboxylic acids is 1. The molecule has 1 aromatic heterocycles. The van der Waals surface area contributed by atoms with Crippen molar-refractivity contribution < 1.29 is 4.79 Å². The molecule has 5 nitrogen and oxygen atoms in total. The van der Waals surface area contributed by atoms with Gasteiger partial charge in [0.25, 0.3) is 5.91 Å². The number of hydrogen-bond donors (Lipinski definition) is 2. The number of H-pyrrole nitrogens is 1. The summed E-state index contributed by atoms with van der Waals surface area (Å²) in [6.45, 7) is 0. The van der Waals surface area contributed by atoms with E-state index in [-0.39, 0.29) is 11.6 Å². The number of aromatic amines is 1. The van der Waals surface area contributed by atoms with Gasteiger partial charge >= 0.3 is 5.69 Å². The topological polar surface area (TPSA) is 74.8 Å². The first-order valence-electron chi connectivity index (χ1n) is 3.12. The van der Waals surface area contributed by atoms with Crippen molar-refractivity contribution in [2.75, 3.05) is 6.26 Å². The molecular formula is C6H7N3O2S. The van der Waals surface area contributed by atoms with Crippen molar-refractivity contribution in [3.63, 3.8) is 0 Å². The predicted octanol–water partition coefficient (Wildman–Crippen LogP) is -0.222. The van der Waals surface area contributed by atoms with Gasteiger partial charge in [-0.25, -0.2) is 9.78 Å². The number of rotatable bonds is 2. The van der Waals surface area contributed by atoms with E-state index in [9.17, 15) is 9.59 Å². The summed E-state index contributed by atoms with van der Waals surface area (Å²) in [5.74, 6) is -0.331. The Morgan fingerprint density at radius 1 is 1.75 bits per heavy atom. The molecule has 12 heavy (non-hydrogen) atoms. The molecular weight excluding hydrogens is 178 g/mol. The van der Waals surface area contributed by atoms with E-state index in [4.69, 9.17) is 0 Å². The fourth-order valence-electron chi connectivity index (χ4n) is 0.649. The van der Waals surface area contributed by atoms with Crippen LogP contribution < -0.4 is 10.4 Å². The molecule has 0 fully saturated rings. The van der Waals surface area contributed by atoms with Crippen LogP contribution in [-0.4, -0.2) is 22.1 Å². The molecule has 0 saturated heterocycles. The lowest BCUT2D eigenvalue weighted by molar-refractivity contribution is 0.0979. The fraction of sp³-hybridized carbons (Fsp3) is 0.167. The summed E-state index contributed by atoms with van der Waals surface area (Å²) in [5.41, 5.74) is -0.312. The maximum absolute atomic E-state index is 11.1. The number of carbonyl (C=O) groups is 1. The summed E-state index contributed by atoms with van der Waals surface area (Å²) >= 11 is 1.17. The molecule has 0 spiro atoms. The number of hydrogen-bond acceptors (Lipinski definition) is 4. The van der Waals surface area contributed by atoms with Crippen LogP contribution in [0.15, 0.2) is 17.1 Å². The highest BCUT2D eigenvalue weighted by atomic mass is 32.2. The zero-order chi connectivity index (χ0) is 8.97. The van der Waals surface area contributed by atoms with Gasteiger partial charge in [0.2, 0.25) is 0 Å². The van der Waals surface area contributed by atoms with E-state index in [1.165, 1.54) is 24.2 Å². The predicted molar refractivity (Wildman–Crippen MR) is 45.8 cm³/mol. The third-order valence-electron chi connectivity index (χ3n) is 1.11. The Balaban J connectivity index is 2.88. The van der Waals surface area contributed by atoms with E-state index in [2.05, 4.69) is 14.7 Å². The second kappa shape index (κ2) is 3.91. The van der Waals surface area contributed by atoms with Crippen molar-refractivity contribution in [3.8, 4) is 0 Å². The van der Waals surface area contributed by atoms with Crippen LogP contribution in [0.2, 0.25) is 0 Å². The first-order valence-corrected chi connectivity index (χ1v) is 4.35. The molecule has 0 saturated carbocycles. The number of amides is 1. The maximum Gasteiger partial charge on any atom is 0.345 e. The minimum Gasteiger partial charge on any atom is -0.301 e. The van der Waals surface area contributed by atoms with E-state index in [1.807, 2.05) is 0 Å². The van der Waals surface area contributed by atoms with Gasteiger partial charge in [0.05, 0.1) is 0 Å². The Kier molecular flexibility index (Phi) is 2.87. The summed E-state index contributed by atoms with van der Waals surface area (Å²) in [6, 6.07) is 1.44. The van der Waals surface area contributed by atoms with Crippen LogP contribution in [0.25, 0.3) is 0 Å². The van der Waals surface area contributed by atoms with Gasteiger partial charge in [0.1, 0.15) is 5.69 Å². The molecule has 1 heterocycles. The van der Waals surface area contributed by atoms with Crippen LogP contribution in [0.4, 0.5) is 0 Å².